The van der Waals surface area contributed by atoms with Crippen LogP contribution in [0.5, 0.6) is 0 Å². The molecule has 1 aromatic carbocycles. The minimum absolute atomic E-state index is 0.202. The highest BCUT2D eigenvalue weighted by atomic mass is 35.5. The fourth-order valence-electron chi connectivity index (χ4n) is 1.74. The van der Waals surface area contributed by atoms with Crippen LogP contribution in [0.25, 0.3) is 0 Å². The van der Waals surface area contributed by atoms with E-state index in [-0.39, 0.29) is 11.2 Å². The van der Waals surface area contributed by atoms with Gasteiger partial charge in [-0.2, -0.15) is 0 Å². The number of halogens is 2. The van der Waals surface area contributed by atoms with Crippen molar-refractivity contribution in [1.29, 1.82) is 0 Å². The maximum atomic E-state index is 13.9. The highest BCUT2D eigenvalue weighted by Crippen LogP contribution is 2.21. The Balaban J connectivity index is 2.03. The first-order valence-corrected chi connectivity index (χ1v) is 6.58. The van der Waals surface area contributed by atoms with E-state index in [4.69, 9.17) is 11.6 Å². The molecule has 0 saturated heterocycles. The number of nitrogens with zero attached hydrogens (tertiary/aromatic N) is 2. The topological polar surface area (TPSA) is 37.8 Å². The summed E-state index contributed by atoms with van der Waals surface area (Å²) in [5.41, 5.74) is 1.39. The van der Waals surface area contributed by atoms with E-state index in [9.17, 15) is 4.39 Å². The molecule has 0 saturated carbocycles. The molecule has 0 radical (unpaired) electrons. The second-order valence-corrected chi connectivity index (χ2v) is 4.62. The van der Waals surface area contributed by atoms with Crippen molar-refractivity contribution in [3.63, 3.8) is 0 Å². The molecule has 19 heavy (non-hydrogen) atoms. The Hall–Kier alpha value is -1.68. The molecule has 0 bridgehead atoms. The number of nitrogens with one attached hydrogen (secondary N) is 1. The number of benzene rings is 1. The zero-order valence-electron chi connectivity index (χ0n) is 10.6. The van der Waals surface area contributed by atoms with Gasteiger partial charge in [0, 0.05) is 6.54 Å². The molecule has 5 heteroatoms. The van der Waals surface area contributed by atoms with Crippen LogP contribution in [0.4, 0.5) is 10.2 Å². The molecule has 1 N–H and O–H groups in total. The third kappa shape index (κ3) is 3.41. The molecule has 1 atom stereocenters. The van der Waals surface area contributed by atoms with Gasteiger partial charge < -0.3 is 5.32 Å². The van der Waals surface area contributed by atoms with E-state index >= 15 is 0 Å². The van der Waals surface area contributed by atoms with Crippen molar-refractivity contribution >= 4 is 17.4 Å². The standard InChI is InChI=1S/C14H15ClFN3/c1-2-12-13(16)14(19-9-18-12)17-8-11(15)10-6-4-3-5-7-10/h3-7,9,11H,2,8H2,1H3,(H,17,18,19). The van der Waals surface area contributed by atoms with Crippen LogP contribution in [0.15, 0.2) is 36.7 Å². The van der Waals surface area contributed by atoms with Gasteiger partial charge in [-0.3, -0.25) is 0 Å². The number of hydrogen-bond donors (Lipinski definition) is 1. The van der Waals surface area contributed by atoms with Crippen molar-refractivity contribution in [3.8, 4) is 0 Å². The van der Waals surface area contributed by atoms with E-state index in [1.165, 1.54) is 6.33 Å². The third-order valence-electron chi connectivity index (χ3n) is 2.81. The minimum Gasteiger partial charge on any atom is -0.366 e. The summed E-state index contributed by atoms with van der Waals surface area (Å²) in [6.45, 7) is 2.26. The lowest BCUT2D eigenvalue weighted by Crippen LogP contribution is -2.12. The van der Waals surface area contributed by atoms with Crippen LogP contribution >= 0.6 is 11.6 Å². The molecular weight excluding hydrogens is 265 g/mol. The number of alkyl halides is 1. The number of anilines is 1. The summed E-state index contributed by atoms with van der Waals surface area (Å²) in [5, 5.41) is 2.69. The number of aryl methyl sites for hydroxylation is 1. The Morgan fingerprint density at radius 1 is 1.26 bits per heavy atom. The fourth-order valence-corrected chi connectivity index (χ4v) is 1.96. The molecular formula is C14H15ClFN3. The van der Waals surface area contributed by atoms with Crippen LogP contribution in [0.2, 0.25) is 0 Å². The first-order chi connectivity index (χ1) is 9.22. The predicted octanol–water partition coefficient (Wildman–Crippen LogP) is 3.57. The van der Waals surface area contributed by atoms with Gasteiger partial charge >= 0.3 is 0 Å². The van der Waals surface area contributed by atoms with Crippen LogP contribution in [-0.2, 0) is 6.42 Å². The molecule has 0 fully saturated rings. The lowest BCUT2D eigenvalue weighted by Gasteiger charge is -2.12. The summed E-state index contributed by atoms with van der Waals surface area (Å²) in [5.74, 6) is -0.199. The molecule has 0 aliphatic heterocycles. The molecule has 3 nitrogen and oxygen atoms in total. The highest BCUT2D eigenvalue weighted by Gasteiger charge is 2.12. The van der Waals surface area contributed by atoms with Crippen molar-refractivity contribution in [2.45, 2.75) is 18.7 Å². The largest absolute Gasteiger partial charge is 0.366 e. The van der Waals surface area contributed by atoms with Gasteiger partial charge in [0.15, 0.2) is 11.6 Å². The molecule has 1 unspecified atom stereocenters. The van der Waals surface area contributed by atoms with Gasteiger partial charge in [0.25, 0.3) is 0 Å². The van der Waals surface area contributed by atoms with Crippen molar-refractivity contribution in [3.05, 3.63) is 53.7 Å². The van der Waals surface area contributed by atoms with E-state index in [0.717, 1.165) is 5.56 Å². The lowest BCUT2D eigenvalue weighted by atomic mass is 10.1. The molecule has 100 valence electrons. The predicted molar refractivity (Wildman–Crippen MR) is 74.9 cm³/mol. The van der Waals surface area contributed by atoms with Crippen molar-refractivity contribution in [2.24, 2.45) is 0 Å². The number of aromatic nitrogens is 2. The Kier molecular flexibility index (Phi) is 4.68. The highest BCUT2D eigenvalue weighted by molar-refractivity contribution is 6.21. The van der Waals surface area contributed by atoms with Gasteiger partial charge in [0.2, 0.25) is 0 Å². The van der Waals surface area contributed by atoms with E-state index in [2.05, 4.69) is 15.3 Å². The molecule has 0 amide bonds. The first kappa shape index (κ1) is 13.7. The normalized spacial score (nSPS) is 12.2. The van der Waals surface area contributed by atoms with Crippen LogP contribution in [0.1, 0.15) is 23.6 Å². The molecule has 1 aromatic heterocycles. The van der Waals surface area contributed by atoms with Crippen LogP contribution in [0, 0.1) is 5.82 Å². The van der Waals surface area contributed by atoms with E-state index in [1.54, 1.807) is 0 Å². The summed E-state index contributed by atoms with van der Waals surface area (Å²) >= 11 is 6.25. The molecule has 2 rings (SSSR count). The van der Waals surface area contributed by atoms with Gasteiger partial charge in [-0.25, -0.2) is 14.4 Å². The van der Waals surface area contributed by atoms with Crippen molar-refractivity contribution in [1.82, 2.24) is 9.97 Å². The Morgan fingerprint density at radius 3 is 2.68 bits per heavy atom. The summed E-state index contributed by atoms with van der Waals surface area (Å²) < 4.78 is 13.9. The maximum absolute atomic E-state index is 13.9. The lowest BCUT2D eigenvalue weighted by molar-refractivity contribution is 0.596. The average Bonchev–Trinajstić information content (AvgIpc) is 2.47. The van der Waals surface area contributed by atoms with Gasteiger partial charge in [-0.05, 0) is 12.0 Å². The summed E-state index contributed by atoms with van der Waals surface area (Å²) in [4.78, 5) is 7.78. The number of hydrogen-bond acceptors (Lipinski definition) is 3. The molecule has 1 heterocycles. The van der Waals surface area contributed by atoms with Crippen molar-refractivity contribution < 1.29 is 4.39 Å². The fraction of sp³-hybridized carbons (Fsp3) is 0.286. The first-order valence-electron chi connectivity index (χ1n) is 6.14. The number of rotatable bonds is 5. The quantitative estimate of drug-likeness (QED) is 0.850. The molecule has 0 aliphatic rings. The van der Waals surface area contributed by atoms with Crippen LogP contribution < -0.4 is 5.32 Å². The molecule has 0 aliphatic carbocycles. The van der Waals surface area contributed by atoms with Crippen LogP contribution in [0.3, 0.4) is 0 Å². The second kappa shape index (κ2) is 6.48. The minimum atomic E-state index is -0.401. The summed E-state index contributed by atoms with van der Waals surface area (Å²) in [6.07, 6.45) is 1.89. The van der Waals surface area contributed by atoms with Gasteiger partial charge in [0.1, 0.15) is 6.33 Å². The molecule has 0 spiro atoms. The zero-order chi connectivity index (χ0) is 13.7. The monoisotopic (exact) mass is 279 g/mol. The van der Waals surface area contributed by atoms with Gasteiger partial charge in [0.05, 0.1) is 11.1 Å². The Labute approximate surface area is 116 Å². The second-order valence-electron chi connectivity index (χ2n) is 4.10. The van der Waals surface area contributed by atoms with Crippen molar-refractivity contribution in [2.75, 3.05) is 11.9 Å². The summed E-state index contributed by atoms with van der Waals surface area (Å²) in [6, 6.07) is 9.65. The third-order valence-corrected chi connectivity index (χ3v) is 3.21. The van der Waals surface area contributed by atoms with Gasteiger partial charge in [-0.15, -0.1) is 11.6 Å². The maximum Gasteiger partial charge on any atom is 0.186 e. The Bertz CT molecular complexity index is 533. The zero-order valence-corrected chi connectivity index (χ0v) is 11.4. The van der Waals surface area contributed by atoms with Crippen LogP contribution in [-0.4, -0.2) is 16.5 Å². The Morgan fingerprint density at radius 2 is 2.00 bits per heavy atom. The van der Waals surface area contributed by atoms with Gasteiger partial charge in [-0.1, -0.05) is 37.3 Å². The summed E-state index contributed by atoms with van der Waals surface area (Å²) in [7, 11) is 0. The van der Waals surface area contributed by atoms with E-state index in [1.807, 2.05) is 37.3 Å². The van der Waals surface area contributed by atoms with E-state index in [0.29, 0.717) is 18.7 Å². The SMILES string of the molecule is CCc1ncnc(NCC(Cl)c2ccccc2)c1F. The smallest absolute Gasteiger partial charge is 0.186 e. The average molecular weight is 280 g/mol. The molecule has 2 aromatic rings. The van der Waals surface area contributed by atoms with E-state index < -0.39 is 5.82 Å².